The molecular weight excluding hydrogens is 336 g/mol. The lowest BCUT2D eigenvalue weighted by Gasteiger charge is -2.10. The van der Waals surface area contributed by atoms with Crippen LogP contribution in [0.5, 0.6) is 0 Å². The van der Waals surface area contributed by atoms with Crippen molar-refractivity contribution >= 4 is 11.8 Å². The van der Waals surface area contributed by atoms with Gasteiger partial charge in [-0.05, 0) is 11.8 Å². The minimum absolute atomic E-state index is 0.0630. The smallest absolute Gasteiger partial charge is 0.220 e. The van der Waals surface area contributed by atoms with Crippen LogP contribution < -0.4 is 10.6 Å². The summed E-state index contributed by atoms with van der Waals surface area (Å²) in [6, 6.07) is 0. The first-order valence-corrected chi connectivity index (χ1v) is 9.72. The third kappa shape index (κ3) is 17.6. The molecule has 2 amide bonds. The Morgan fingerprint density at radius 2 is 1.15 bits per heavy atom. The summed E-state index contributed by atoms with van der Waals surface area (Å²) in [7, 11) is 0. The standard InChI is InChI=1S/C19H38N2O5/c1-5-17(4)15-19(23)21-7-9-25-11-13-26-12-10-24-8-6-20-18(22)14-16(2)3/h16-17H,5-15H2,1-4H3,(H,20,22)(H,21,23)/t17-/m0/s1. The van der Waals surface area contributed by atoms with E-state index in [1.54, 1.807) is 0 Å². The van der Waals surface area contributed by atoms with Crippen molar-refractivity contribution in [1.29, 1.82) is 0 Å². The Morgan fingerprint density at radius 3 is 1.58 bits per heavy atom. The van der Waals surface area contributed by atoms with Gasteiger partial charge in [-0.1, -0.05) is 34.1 Å². The fourth-order valence-electron chi connectivity index (χ4n) is 2.04. The average molecular weight is 375 g/mol. The Hall–Kier alpha value is -1.18. The van der Waals surface area contributed by atoms with Gasteiger partial charge in [0.05, 0.1) is 39.6 Å². The van der Waals surface area contributed by atoms with Gasteiger partial charge in [0.2, 0.25) is 11.8 Å². The van der Waals surface area contributed by atoms with Gasteiger partial charge in [-0.25, -0.2) is 0 Å². The molecular formula is C19H38N2O5. The van der Waals surface area contributed by atoms with E-state index in [2.05, 4.69) is 24.5 Å². The van der Waals surface area contributed by atoms with E-state index >= 15 is 0 Å². The van der Waals surface area contributed by atoms with E-state index in [1.165, 1.54) is 0 Å². The fraction of sp³-hybridized carbons (Fsp3) is 0.895. The van der Waals surface area contributed by atoms with Crippen LogP contribution in [0, 0.1) is 11.8 Å². The third-order valence-electron chi connectivity index (χ3n) is 3.71. The Labute approximate surface area is 158 Å². The van der Waals surface area contributed by atoms with Gasteiger partial charge in [-0.2, -0.15) is 0 Å². The van der Waals surface area contributed by atoms with E-state index in [1.807, 2.05) is 13.8 Å². The number of hydrogen-bond donors (Lipinski definition) is 2. The first-order valence-electron chi connectivity index (χ1n) is 9.72. The highest BCUT2D eigenvalue weighted by molar-refractivity contribution is 5.76. The van der Waals surface area contributed by atoms with Crippen molar-refractivity contribution in [3.8, 4) is 0 Å². The van der Waals surface area contributed by atoms with E-state index in [0.717, 1.165) is 6.42 Å². The quantitative estimate of drug-likeness (QED) is 0.379. The van der Waals surface area contributed by atoms with Gasteiger partial charge in [0.1, 0.15) is 0 Å². The van der Waals surface area contributed by atoms with Crippen molar-refractivity contribution in [2.75, 3.05) is 52.7 Å². The Balaban J connectivity index is 3.22. The highest BCUT2D eigenvalue weighted by Crippen LogP contribution is 2.05. The Morgan fingerprint density at radius 1 is 0.731 bits per heavy atom. The van der Waals surface area contributed by atoms with E-state index in [4.69, 9.17) is 14.2 Å². The molecule has 0 aliphatic rings. The molecule has 0 bridgehead atoms. The van der Waals surface area contributed by atoms with Gasteiger partial charge in [-0.3, -0.25) is 9.59 Å². The molecule has 7 nitrogen and oxygen atoms in total. The second-order valence-electron chi connectivity index (χ2n) is 6.85. The van der Waals surface area contributed by atoms with Gasteiger partial charge in [0, 0.05) is 25.9 Å². The predicted octanol–water partition coefficient (Wildman–Crippen LogP) is 1.75. The molecule has 0 unspecified atom stereocenters. The first kappa shape index (κ1) is 24.8. The molecule has 0 aliphatic carbocycles. The minimum atomic E-state index is 0.0630. The van der Waals surface area contributed by atoms with Crippen LogP contribution in [0.15, 0.2) is 0 Å². The lowest BCUT2D eigenvalue weighted by Crippen LogP contribution is -2.29. The van der Waals surface area contributed by atoms with Crippen molar-refractivity contribution in [3.63, 3.8) is 0 Å². The van der Waals surface area contributed by atoms with E-state index in [-0.39, 0.29) is 11.8 Å². The Bertz CT molecular complexity index is 364. The number of carbonyl (C=O) groups excluding carboxylic acids is 2. The number of hydrogen-bond acceptors (Lipinski definition) is 5. The van der Waals surface area contributed by atoms with Crippen LogP contribution >= 0.6 is 0 Å². The summed E-state index contributed by atoms with van der Waals surface area (Å²) in [6.07, 6.45) is 2.13. The van der Waals surface area contributed by atoms with Crippen molar-refractivity contribution in [2.24, 2.45) is 11.8 Å². The maximum atomic E-state index is 11.6. The van der Waals surface area contributed by atoms with Crippen molar-refractivity contribution in [1.82, 2.24) is 10.6 Å². The van der Waals surface area contributed by atoms with Crippen molar-refractivity contribution < 1.29 is 23.8 Å². The molecule has 0 aliphatic heterocycles. The molecule has 2 N–H and O–H groups in total. The zero-order chi connectivity index (χ0) is 19.6. The van der Waals surface area contributed by atoms with E-state index in [0.29, 0.717) is 77.4 Å². The molecule has 0 heterocycles. The molecule has 0 aromatic rings. The molecule has 154 valence electrons. The summed E-state index contributed by atoms with van der Waals surface area (Å²) in [6.45, 7) is 12.2. The molecule has 1 atom stereocenters. The normalized spacial score (nSPS) is 12.2. The molecule has 26 heavy (non-hydrogen) atoms. The first-order chi connectivity index (χ1) is 12.5. The molecule has 0 rings (SSSR count). The van der Waals surface area contributed by atoms with Crippen LogP contribution in [0.1, 0.15) is 47.0 Å². The predicted molar refractivity (Wildman–Crippen MR) is 102 cm³/mol. The van der Waals surface area contributed by atoms with Crippen molar-refractivity contribution in [3.05, 3.63) is 0 Å². The SMILES string of the molecule is CC[C@H](C)CC(=O)NCCOCCOCCOCCNC(=O)CC(C)C. The molecule has 7 heteroatoms. The Kier molecular flexibility index (Phi) is 16.5. The van der Waals surface area contributed by atoms with Crippen LogP contribution in [-0.4, -0.2) is 64.5 Å². The molecule has 0 radical (unpaired) electrons. The molecule has 0 saturated carbocycles. The molecule has 0 saturated heterocycles. The van der Waals surface area contributed by atoms with Crippen LogP contribution in [-0.2, 0) is 23.8 Å². The number of rotatable bonds is 17. The second-order valence-corrected chi connectivity index (χ2v) is 6.85. The number of ether oxygens (including phenoxy) is 3. The van der Waals surface area contributed by atoms with Crippen LogP contribution in [0.2, 0.25) is 0 Å². The molecule has 0 aromatic carbocycles. The van der Waals surface area contributed by atoms with Gasteiger partial charge >= 0.3 is 0 Å². The number of nitrogens with one attached hydrogen (secondary N) is 2. The maximum absolute atomic E-state index is 11.6. The molecule has 0 spiro atoms. The van der Waals surface area contributed by atoms with Crippen LogP contribution in [0.25, 0.3) is 0 Å². The second kappa shape index (κ2) is 17.2. The van der Waals surface area contributed by atoms with Gasteiger partial charge in [0.15, 0.2) is 0 Å². The lowest BCUT2D eigenvalue weighted by molar-refractivity contribution is -0.122. The monoisotopic (exact) mass is 374 g/mol. The summed E-state index contributed by atoms with van der Waals surface area (Å²) in [5.41, 5.74) is 0. The zero-order valence-electron chi connectivity index (χ0n) is 17.0. The van der Waals surface area contributed by atoms with Gasteiger partial charge < -0.3 is 24.8 Å². The van der Waals surface area contributed by atoms with Crippen LogP contribution in [0.4, 0.5) is 0 Å². The van der Waals surface area contributed by atoms with Gasteiger partial charge in [-0.15, -0.1) is 0 Å². The lowest BCUT2D eigenvalue weighted by atomic mass is 10.1. The fourth-order valence-corrected chi connectivity index (χ4v) is 2.04. The summed E-state index contributed by atoms with van der Waals surface area (Å²) in [5.74, 6) is 0.931. The molecule has 0 aromatic heterocycles. The highest BCUT2D eigenvalue weighted by atomic mass is 16.5. The third-order valence-corrected chi connectivity index (χ3v) is 3.71. The largest absolute Gasteiger partial charge is 0.377 e. The summed E-state index contributed by atoms with van der Waals surface area (Å²) < 4.78 is 16.1. The minimum Gasteiger partial charge on any atom is -0.377 e. The van der Waals surface area contributed by atoms with Crippen molar-refractivity contribution in [2.45, 2.75) is 47.0 Å². The number of amides is 2. The number of carbonyl (C=O) groups is 2. The summed E-state index contributed by atoms with van der Waals surface area (Å²) >= 11 is 0. The molecule has 0 fully saturated rings. The highest BCUT2D eigenvalue weighted by Gasteiger charge is 2.06. The van der Waals surface area contributed by atoms with Gasteiger partial charge in [0.25, 0.3) is 0 Å². The maximum Gasteiger partial charge on any atom is 0.220 e. The zero-order valence-corrected chi connectivity index (χ0v) is 17.0. The van der Waals surface area contributed by atoms with E-state index in [9.17, 15) is 9.59 Å². The summed E-state index contributed by atoms with van der Waals surface area (Å²) in [5, 5.41) is 5.65. The summed E-state index contributed by atoms with van der Waals surface area (Å²) in [4.78, 5) is 23.0. The topological polar surface area (TPSA) is 85.9 Å². The van der Waals surface area contributed by atoms with E-state index < -0.39 is 0 Å². The van der Waals surface area contributed by atoms with Crippen LogP contribution in [0.3, 0.4) is 0 Å². The average Bonchev–Trinajstić information content (AvgIpc) is 2.58.